The molecular weight excluding hydrogens is 136 g/mol. The summed E-state index contributed by atoms with van der Waals surface area (Å²) in [7, 11) is 2.01. The van der Waals surface area contributed by atoms with Gasteiger partial charge < -0.3 is 10.6 Å². The molecule has 1 heterocycles. The second-order valence-electron chi connectivity index (χ2n) is 3.91. The van der Waals surface area contributed by atoms with E-state index in [2.05, 4.69) is 24.5 Å². The molecule has 1 rings (SSSR count). The van der Waals surface area contributed by atoms with E-state index in [0.29, 0.717) is 5.54 Å². The molecule has 0 spiro atoms. The molecule has 0 aromatic heterocycles. The Labute approximate surface area is 69.8 Å². The fourth-order valence-corrected chi connectivity index (χ4v) is 1.62. The summed E-state index contributed by atoms with van der Waals surface area (Å²) in [4.78, 5) is 0. The van der Waals surface area contributed by atoms with Crippen LogP contribution in [0.25, 0.3) is 0 Å². The Morgan fingerprint density at radius 3 is 2.73 bits per heavy atom. The third kappa shape index (κ3) is 1.94. The zero-order valence-electron chi connectivity index (χ0n) is 7.91. The molecule has 0 bridgehead atoms. The van der Waals surface area contributed by atoms with E-state index < -0.39 is 0 Å². The van der Waals surface area contributed by atoms with Crippen LogP contribution in [0.15, 0.2) is 0 Å². The molecule has 0 amide bonds. The fraction of sp³-hybridized carbons (Fsp3) is 1.00. The Kier molecular flexibility index (Phi) is 2.90. The maximum atomic E-state index is 3.50. The molecule has 1 fully saturated rings. The molecule has 0 aliphatic carbocycles. The average molecular weight is 156 g/mol. The van der Waals surface area contributed by atoms with Gasteiger partial charge in [0.15, 0.2) is 0 Å². The summed E-state index contributed by atoms with van der Waals surface area (Å²) in [5, 5.41) is 6.68. The van der Waals surface area contributed by atoms with Gasteiger partial charge in [-0.15, -0.1) is 0 Å². The van der Waals surface area contributed by atoms with Crippen molar-refractivity contribution in [3.05, 3.63) is 0 Å². The zero-order chi connectivity index (χ0) is 8.32. The van der Waals surface area contributed by atoms with Crippen molar-refractivity contribution in [2.75, 3.05) is 20.1 Å². The van der Waals surface area contributed by atoms with Gasteiger partial charge in [0.05, 0.1) is 0 Å². The second-order valence-corrected chi connectivity index (χ2v) is 3.91. The summed E-state index contributed by atoms with van der Waals surface area (Å²) in [6.07, 6.45) is 2.58. The highest BCUT2D eigenvalue weighted by molar-refractivity contribution is 4.97. The molecule has 66 valence electrons. The smallest absolute Gasteiger partial charge is 0.0191 e. The lowest BCUT2D eigenvalue weighted by Gasteiger charge is -2.47. The summed E-state index contributed by atoms with van der Waals surface area (Å²) in [6, 6.07) is 0. The van der Waals surface area contributed by atoms with E-state index in [1.54, 1.807) is 0 Å². The first-order valence-electron chi connectivity index (χ1n) is 4.58. The summed E-state index contributed by atoms with van der Waals surface area (Å²) in [5.41, 5.74) is 0.441. The molecule has 0 saturated carbocycles. The van der Waals surface area contributed by atoms with E-state index in [9.17, 15) is 0 Å². The van der Waals surface area contributed by atoms with Crippen LogP contribution in [0, 0.1) is 5.92 Å². The van der Waals surface area contributed by atoms with Crippen LogP contribution < -0.4 is 10.6 Å². The highest BCUT2D eigenvalue weighted by atomic mass is 15.1. The molecule has 2 atom stereocenters. The van der Waals surface area contributed by atoms with E-state index in [1.165, 1.54) is 19.4 Å². The third-order valence-electron chi connectivity index (χ3n) is 3.02. The van der Waals surface area contributed by atoms with Crippen molar-refractivity contribution in [1.82, 2.24) is 10.6 Å². The summed E-state index contributed by atoms with van der Waals surface area (Å²) in [6.45, 7) is 7.01. The number of nitrogens with one attached hydrogen (secondary N) is 2. The van der Waals surface area contributed by atoms with Crippen molar-refractivity contribution in [2.45, 2.75) is 32.2 Å². The van der Waals surface area contributed by atoms with Gasteiger partial charge in [-0.25, -0.2) is 0 Å². The van der Waals surface area contributed by atoms with Gasteiger partial charge in [0.2, 0.25) is 0 Å². The van der Waals surface area contributed by atoms with Crippen LogP contribution in [0.3, 0.4) is 0 Å². The molecule has 1 saturated heterocycles. The van der Waals surface area contributed by atoms with Gasteiger partial charge in [-0.05, 0) is 45.8 Å². The predicted octanol–water partition coefficient (Wildman–Crippen LogP) is 0.984. The Balaban J connectivity index is 2.14. The van der Waals surface area contributed by atoms with Crippen LogP contribution in [0.1, 0.15) is 26.7 Å². The fourth-order valence-electron chi connectivity index (χ4n) is 1.62. The molecule has 0 aromatic carbocycles. The molecule has 1 aliphatic heterocycles. The van der Waals surface area contributed by atoms with Gasteiger partial charge in [-0.2, -0.15) is 0 Å². The largest absolute Gasteiger partial charge is 0.320 e. The molecule has 11 heavy (non-hydrogen) atoms. The van der Waals surface area contributed by atoms with E-state index >= 15 is 0 Å². The van der Waals surface area contributed by atoms with Crippen molar-refractivity contribution in [1.29, 1.82) is 0 Å². The minimum absolute atomic E-state index is 0.441. The SMILES string of the molecule is CNCCC[C@@]1(C)NC[C@@H]1C. The molecule has 0 unspecified atom stereocenters. The van der Waals surface area contributed by atoms with E-state index in [1.807, 2.05) is 7.05 Å². The predicted molar refractivity (Wildman–Crippen MR) is 48.7 cm³/mol. The first-order chi connectivity index (χ1) is 5.19. The lowest BCUT2D eigenvalue weighted by Crippen LogP contribution is -2.62. The molecule has 2 nitrogen and oxygen atoms in total. The van der Waals surface area contributed by atoms with Gasteiger partial charge in [0.1, 0.15) is 0 Å². The first-order valence-corrected chi connectivity index (χ1v) is 4.58. The maximum Gasteiger partial charge on any atom is 0.0191 e. The maximum absolute atomic E-state index is 3.50. The van der Waals surface area contributed by atoms with Crippen LogP contribution in [0.5, 0.6) is 0 Å². The third-order valence-corrected chi connectivity index (χ3v) is 3.02. The van der Waals surface area contributed by atoms with Gasteiger partial charge in [0, 0.05) is 5.54 Å². The number of hydrogen-bond acceptors (Lipinski definition) is 2. The van der Waals surface area contributed by atoms with Crippen molar-refractivity contribution < 1.29 is 0 Å². The van der Waals surface area contributed by atoms with E-state index in [-0.39, 0.29) is 0 Å². The lowest BCUT2D eigenvalue weighted by molar-refractivity contribution is 0.121. The van der Waals surface area contributed by atoms with Crippen molar-refractivity contribution in [3.63, 3.8) is 0 Å². The highest BCUT2D eigenvalue weighted by Crippen LogP contribution is 2.29. The second kappa shape index (κ2) is 3.55. The molecule has 2 heteroatoms. The van der Waals surface area contributed by atoms with Gasteiger partial charge in [0.25, 0.3) is 0 Å². The first kappa shape index (κ1) is 9.01. The van der Waals surface area contributed by atoms with Crippen molar-refractivity contribution in [2.24, 2.45) is 5.92 Å². The van der Waals surface area contributed by atoms with E-state index in [4.69, 9.17) is 0 Å². The summed E-state index contributed by atoms with van der Waals surface area (Å²) in [5.74, 6) is 0.861. The van der Waals surface area contributed by atoms with Crippen molar-refractivity contribution >= 4 is 0 Å². The minimum atomic E-state index is 0.441. The Bertz CT molecular complexity index is 125. The van der Waals surface area contributed by atoms with Gasteiger partial charge >= 0.3 is 0 Å². The molecule has 1 aliphatic rings. The normalized spacial score (nSPS) is 36.8. The molecule has 0 radical (unpaired) electrons. The number of rotatable bonds is 4. The van der Waals surface area contributed by atoms with Crippen LogP contribution in [-0.2, 0) is 0 Å². The summed E-state index contributed by atoms with van der Waals surface area (Å²) < 4.78 is 0. The van der Waals surface area contributed by atoms with E-state index in [0.717, 1.165) is 12.5 Å². The summed E-state index contributed by atoms with van der Waals surface area (Å²) >= 11 is 0. The Morgan fingerprint density at radius 2 is 2.36 bits per heavy atom. The zero-order valence-corrected chi connectivity index (χ0v) is 7.91. The number of hydrogen-bond donors (Lipinski definition) is 2. The Hall–Kier alpha value is -0.0800. The molecule has 0 aromatic rings. The highest BCUT2D eigenvalue weighted by Gasteiger charge is 2.37. The minimum Gasteiger partial charge on any atom is -0.320 e. The quantitative estimate of drug-likeness (QED) is 0.593. The van der Waals surface area contributed by atoms with Crippen LogP contribution in [-0.4, -0.2) is 25.7 Å². The van der Waals surface area contributed by atoms with Crippen LogP contribution >= 0.6 is 0 Å². The molecule has 2 N–H and O–H groups in total. The van der Waals surface area contributed by atoms with Gasteiger partial charge in [-0.3, -0.25) is 0 Å². The average Bonchev–Trinajstić information content (AvgIpc) is 2.02. The standard InChI is InChI=1S/C9H20N2/c1-8-7-11-9(8,2)5-4-6-10-3/h8,10-11H,4-7H2,1-3H3/t8-,9+/m0/s1. The van der Waals surface area contributed by atoms with Crippen molar-refractivity contribution in [3.8, 4) is 0 Å². The molecular formula is C9H20N2. The lowest BCUT2D eigenvalue weighted by atomic mass is 9.76. The van der Waals surface area contributed by atoms with Gasteiger partial charge in [-0.1, -0.05) is 6.92 Å². The topological polar surface area (TPSA) is 24.1 Å². The van der Waals surface area contributed by atoms with Crippen LogP contribution in [0.4, 0.5) is 0 Å². The van der Waals surface area contributed by atoms with Crippen LogP contribution in [0.2, 0.25) is 0 Å². The Morgan fingerprint density at radius 1 is 1.64 bits per heavy atom. The monoisotopic (exact) mass is 156 g/mol.